The molecular weight excluding hydrogens is 407 g/mol. The molecule has 0 spiro atoms. The summed E-state index contributed by atoms with van der Waals surface area (Å²) in [5.74, 6) is 0.127. The van der Waals surface area contributed by atoms with Crippen molar-refractivity contribution in [3.63, 3.8) is 0 Å². The van der Waals surface area contributed by atoms with E-state index in [4.69, 9.17) is 23.2 Å². The first-order valence-corrected chi connectivity index (χ1v) is 10.9. The zero-order chi connectivity index (χ0) is 20.4. The molecule has 0 unspecified atom stereocenters. The molecule has 4 nitrogen and oxygen atoms in total. The Morgan fingerprint density at radius 1 is 0.862 bits per heavy atom. The van der Waals surface area contributed by atoms with Crippen LogP contribution in [0, 0.1) is 5.92 Å². The molecule has 0 radical (unpaired) electrons. The van der Waals surface area contributed by atoms with Gasteiger partial charge in [-0.25, -0.2) is 0 Å². The third kappa shape index (κ3) is 4.44. The molecule has 4 rings (SSSR count). The molecule has 1 fully saturated rings. The van der Waals surface area contributed by atoms with Gasteiger partial charge in [-0.3, -0.25) is 9.59 Å². The number of amides is 2. The minimum Gasteiger partial charge on any atom is -0.339 e. The van der Waals surface area contributed by atoms with Gasteiger partial charge < -0.3 is 9.80 Å². The number of benzene rings is 2. The van der Waals surface area contributed by atoms with Gasteiger partial charge in [0.2, 0.25) is 5.91 Å². The number of halogens is 2. The van der Waals surface area contributed by atoms with Gasteiger partial charge in [0.25, 0.3) is 5.91 Å². The van der Waals surface area contributed by atoms with Gasteiger partial charge in [-0.15, -0.1) is 0 Å². The van der Waals surface area contributed by atoms with E-state index < -0.39 is 0 Å². The number of aryl methyl sites for hydroxylation is 1. The lowest BCUT2D eigenvalue weighted by Crippen LogP contribution is -2.44. The molecule has 6 heteroatoms. The molecule has 0 N–H and O–H groups in total. The van der Waals surface area contributed by atoms with Crippen molar-refractivity contribution in [3.8, 4) is 0 Å². The Morgan fingerprint density at radius 2 is 1.55 bits per heavy atom. The molecule has 0 aromatic heterocycles. The lowest BCUT2D eigenvalue weighted by molar-refractivity contribution is -0.123. The Labute approximate surface area is 181 Å². The van der Waals surface area contributed by atoms with E-state index in [0.717, 1.165) is 37.1 Å². The number of piperidine rings is 1. The van der Waals surface area contributed by atoms with Gasteiger partial charge in [0, 0.05) is 46.8 Å². The standard InChI is InChI=1S/C23H24Cl2N2O2/c24-19-6-4-16(5-7-19)22(28)26-13-10-17(11-14-26)23(29)27-12-2-1-3-18-15-20(25)8-9-21(18)27/h4-9,15,17H,1-3,10-14H2. The summed E-state index contributed by atoms with van der Waals surface area (Å²) >= 11 is 12.1. The van der Waals surface area contributed by atoms with Crippen molar-refractivity contribution in [1.29, 1.82) is 0 Å². The number of hydrogen-bond acceptors (Lipinski definition) is 2. The fourth-order valence-electron chi connectivity index (χ4n) is 4.28. The summed E-state index contributed by atoms with van der Waals surface area (Å²) < 4.78 is 0. The molecule has 152 valence electrons. The van der Waals surface area contributed by atoms with E-state index in [1.165, 1.54) is 0 Å². The fraction of sp³-hybridized carbons (Fsp3) is 0.391. The Kier molecular flexibility index (Phi) is 6.12. The lowest BCUT2D eigenvalue weighted by atomic mass is 9.94. The van der Waals surface area contributed by atoms with Crippen LogP contribution in [-0.4, -0.2) is 36.3 Å². The van der Waals surface area contributed by atoms with E-state index in [1.807, 2.05) is 28.0 Å². The molecule has 0 aliphatic carbocycles. The molecule has 2 amide bonds. The first-order valence-electron chi connectivity index (χ1n) is 10.2. The van der Waals surface area contributed by atoms with E-state index >= 15 is 0 Å². The van der Waals surface area contributed by atoms with Gasteiger partial charge in [-0.2, -0.15) is 0 Å². The Bertz CT molecular complexity index is 906. The third-order valence-corrected chi connectivity index (χ3v) is 6.39. The molecular formula is C23H24Cl2N2O2. The van der Waals surface area contributed by atoms with Crippen LogP contribution in [0.5, 0.6) is 0 Å². The highest BCUT2D eigenvalue weighted by molar-refractivity contribution is 6.31. The maximum atomic E-state index is 13.3. The Balaban J connectivity index is 1.43. The van der Waals surface area contributed by atoms with Crippen LogP contribution in [0.2, 0.25) is 10.0 Å². The molecule has 1 saturated heterocycles. The van der Waals surface area contributed by atoms with Gasteiger partial charge in [0.1, 0.15) is 0 Å². The Hall–Kier alpha value is -2.04. The molecule has 2 aromatic carbocycles. The number of anilines is 1. The van der Waals surface area contributed by atoms with Crippen LogP contribution in [0.1, 0.15) is 41.6 Å². The van der Waals surface area contributed by atoms with E-state index in [1.54, 1.807) is 24.3 Å². The molecule has 0 atom stereocenters. The molecule has 0 bridgehead atoms. The average molecular weight is 431 g/mol. The van der Waals surface area contributed by atoms with Crippen molar-refractivity contribution in [1.82, 2.24) is 4.90 Å². The van der Waals surface area contributed by atoms with Gasteiger partial charge in [0.15, 0.2) is 0 Å². The first kappa shape index (κ1) is 20.2. The molecule has 2 aliphatic heterocycles. The van der Waals surface area contributed by atoms with Crippen molar-refractivity contribution in [3.05, 3.63) is 63.6 Å². The highest BCUT2D eigenvalue weighted by atomic mass is 35.5. The van der Waals surface area contributed by atoms with Crippen molar-refractivity contribution < 1.29 is 9.59 Å². The van der Waals surface area contributed by atoms with Crippen LogP contribution in [0.15, 0.2) is 42.5 Å². The number of nitrogens with zero attached hydrogens (tertiary/aromatic N) is 2. The van der Waals surface area contributed by atoms with E-state index in [-0.39, 0.29) is 17.7 Å². The number of fused-ring (bicyclic) bond motifs is 1. The predicted octanol–water partition coefficient (Wildman–Crippen LogP) is 5.22. The normalized spacial score (nSPS) is 17.6. The van der Waals surface area contributed by atoms with Crippen LogP contribution in [0.3, 0.4) is 0 Å². The predicted molar refractivity (Wildman–Crippen MR) is 117 cm³/mol. The summed E-state index contributed by atoms with van der Waals surface area (Å²) in [6.07, 6.45) is 4.39. The third-order valence-electron chi connectivity index (χ3n) is 5.90. The van der Waals surface area contributed by atoms with Gasteiger partial charge in [0.05, 0.1) is 0 Å². The molecule has 29 heavy (non-hydrogen) atoms. The minimum absolute atomic E-state index is 0.00215. The second-order valence-corrected chi connectivity index (χ2v) is 8.67. The summed E-state index contributed by atoms with van der Waals surface area (Å²) in [6, 6.07) is 12.8. The highest BCUT2D eigenvalue weighted by Gasteiger charge is 2.32. The topological polar surface area (TPSA) is 40.6 Å². The zero-order valence-corrected chi connectivity index (χ0v) is 17.8. The maximum Gasteiger partial charge on any atom is 0.253 e. The van der Waals surface area contributed by atoms with Crippen LogP contribution in [-0.2, 0) is 11.2 Å². The SMILES string of the molecule is O=C(c1ccc(Cl)cc1)N1CCC(C(=O)N2CCCCc3cc(Cl)ccc32)CC1. The number of carbonyl (C=O) groups excluding carboxylic acids is 2. The average Bonchev–Trinajstić information content (AvgIpc) is 2.95. The minimum atomic E-state index is -0.0501. The van der Waals surface area contributed by atoms with Gasteiger partial charge in [-0.1, -0.05) is 23.2 Å². The van der Waals surface area contributed by atoms with Crippen LogP contribution < -0.4 is 4.90 Å². The number of carbonyl (C=O) groups is 2. The summed E-state index contributed by atoms with van der Waals surface area (Å²) in [6.45, 7) is 1.94. The second-order valence-electron chi connectivity index (χ2n) is 7.79. The maximum absolute atomic E-state index is 13.3. The highest BCUT2D eigenvalue weighted by Crippen LogP contribution is 2.32. The number of likely N-dealkylation sites (tertiary alicyclic amines) is 1. The van der Waals surface area contributed by atoms with Crippen LogP contribution in [0.25, 0.3) is 0 Å². The van der Waals surface area contributed by atoms with E-state index in [9.17, 15) is 9.59 Å². The summed E-state index contributed by atoms with van der Waals surface area (Å²) in [5, 5.41) is 1.33. The van der Waals surface area contributed by atoms with Crippen molar-refractivity contribution in [2.45, 2.75) is 32.1 Å². The van der Waals surface area contributed by atoms with E-state index in [2.05, 4.69) is 0 Å². The summed E-state index contributed by atoms with van der Waals surface area (Å²) in [7, 11) is 0. The largest absolute Gasteiger partial charge is 0.339 e. The fourth-order valence-corrected chi connectivity index (χ4v) is 4.60. The van der Waals surface area contributed by atoms with Crippen molar-refractivity contribution >= 4 is 40.7 Å². The van der Waals surface area contributed by atoms with Gasteiger partial charge >= 0.3 is 0 Å². The first-order chi connectivity index (χ1) is 14.0. The van der Waals surface area contributed by atoms with Crippen LogP contribution >= 0.6 is 23.2 Å². The molecule has 2 aliphatic rings. The monoisotopic (exact) mass is 430 g/mol. The number of hydrogen-bond donors (Lipinski definition) is 0. The zero-order valence-electron chi connectivity index (χ0n) is 16.2. The quantitative estimate of drug-likeness (QED) is 0.655. The molecule has 2 heterocycles. The van der Waals surface area contributed by atoms with Crippen LogP contribution in [0.4, 0.5) is 5.69 Å². The molecule has 0 saturated carbocycles. The van der Waals surface area contributed by atoms with Gasteiger partial charge in [-0.05, 0) is 80.1 Å². The van der Waals surface area contributed by atoms with E-state index in [0.29, 0.717) is 41.5 Å². The Morgan fingerprint density at radius 3 is 2.28 bits per heavy atom. The second kappa shape index (κ2) is 8.76. The summed E-state index contributed by atoms with van der Waals surface area (Å²) in [4.78, 5) is 29.8. The van der Waals surface area contributed by atoms with Crippen molar-refractivity contribution in [2.75, 3.05) is 24.5 Å². The lowest BCUT2D eigenvalue weighted by Gasteiger charge is -2.34. The summed E-state index contributed by atoms with van der Waals surface area (Å²) in [5.41, 5.74) is 2.78. The molecule has 2 aromatic rings. The van der Waals surface area contributed by atoms with Crippen molar-refractivity contribution in [2.24, 2.45) is 5.92 Å². The number of rotatable bonds is 2. The smallest absolute Gasteiger partial charge is 0.253 e.